The Hall–Kier alpha value is -0.820. The van der Waals surface area contributed by atoms with Crippen LogP contribution >= 0.6 is 0 Å². The minimum Gasteiger partial charge on any atom is -0.352 e. The lowest BCUT2D eigenvalue weighted by Crippen LogP contribution is -2.52. The molecule has 2 fully saturated rings. The number of hydrogen-bond donors (Lipinski definition) is 2. The molecular formula is C14H24F3N3O. The number of nitrogens with one attached hydrogen (secondary N) is 2. The van der Waals surface area contributed by atoms with Crippen molar-refractivity contribution in [1.82, 2.24) is 15.5 Å². The largest absolute Gasteiger partial charge is 0.391 e. The molecule has 2 N–H and O–H groups in total. The Balaban J connectivity index is 1.88. The molecule has 1 amide bonds. The molecule has 7 heteroatoms. The van der Waals surface area contributed by atoms with Gasteiger partial charge in [0.05, 0.1) is 12.5 Å². The van der Waals surface area contributed by atoms with Gasteiger partial charge in [-0.05, 0) is 52.2 Å². The average Bonchev–Trinajstić information content (AvgIpc) is 2.86. The highest BCUT2D eigenvalue weighted by Crippen LogP contribution is 2.25. The molecule has 0 radical (unpaired) electrons. The fourth-order valence-corrected chi connectivity index (χ4v) is 3.38. The van der Waals surface area contributed by atoms with Crippen LogP contribution in [0, 0.1) is 0 Å². The van der Waals surface area contributed by atoms with Gasteiger partial charge in [-0.2, -0.15) is 13.2 Å². The number of carbonyl (C=O) groups is 1. The molecule has 2 rings (SSSR count). The third-order valence-corrected chi connectivity index (χ3v) is 4.30. The van der Waals surface area contributed by atoms with E-state index in [2.05, 4.69) is 15.5 Å². The van der Waals surface area contributed by atoms with E-state index < -0.39 is 18.6 Å². The smallest absolute Gasteiger partial charge is 0.352 e. The maximum Gasteiger partial charge on any atom is 0.391 e. The van der Waals surface area contributed by atoms with Crippen molar-refractivity contribution in [1.29, 1.82) is 0 Å². The first-order valence-corrected chi connectivity index (χ1v) is 7.70. The minimum atomic E-state index is -4.24. The quantitative estimate of drug-likeness (QED) is 0.830. The van der Waals surface area contributed by atoms with Gasteiger partial charge in [0, 0.05) is 12.1 Å². The number of halogens is 3. The van der Waals surface area contributed by atoms with Gasteiger partial charge >= 0.3 is 6.18 Å². The van der Waals surface area contributed by atoms with Crippen LogP contribution in [0.3, 0.4) is 0 Å². The fraction of sp³-hybridized carbons (Fsp3) is 0.929. The third-order valence-electron chi connectivity index (χ3n) is 4.30. The molecule has 0 spiro atoms. The van der Waals surface area contributed by atoms with Crippen molar-refractivity contribution in [3.8, 4) is 0 Å². The normalized spacial score (nSPS) is 26.8. The standard InChI is InChI=1S/C14H24F3N3O/c1-10(9-14(15,16)17)19-13(21)12-3-2-8-20(12)11-4-6-18-7-5-11/h10-12,18H,2-9H2,1H3,(H,19,21). The Morgan fingerprint density at radius 2 is 2.00 bits per heavy atom. The highest BCUT2D eigenvalue weighted by Gasteiger charge is 2.37. The summed E-state index contributed by atoms with van der Waals surface area (Å²) in [5.41, 5.74) is 0. The summed E-state index contributed by atoms with van der Waals surface area (Å²) in [7, 11) is 0. The zero-order valence-electron chi connectivity index (χ0n) is 12.4. The molecule has 0 bridgehead atoms. The van der Waals surface area contributed by atoms with Crippen molar-refractivity contribution in [3.63, 3.8) is 0 Å². The van der Waals surface area contributed by atoms with Gasteiger partial charge in [0.15, 0.2) is 0 Å². The molecule has 21 heavy (non-hydrogen) atoms. The first-order chi connectivity index (χ1) is 9.87. The van der Waals surface area contributed by atoms with Gasteiger partial charge in [-0.1, -0.05) is 0 Å². The first-order valence-electron chi connectivity index (χ1n) is 7.70. The lowest BCUT2D eigenvalue weighted by molar-refractivity contribution is -0.142. The molecule has 2 aliphatic rings. The molecule has 0 saturated carbocycles. The van der Waals surface area contributed by atoms with Gasteiger partial charge in [0.1, 0.15) is 0 Å². The van der Waals surface area contributed by atoms with E-state index in [-0.39, 0.29) is 11.9 Å². The van der Waals surface area contributed by atoms with E-state index in [1.807, 2.05) is 0 Å². The molecule has 0 aromatic heterocycles. The minimum absolute atomic E-state index is 0.247. The second-order valence-corrected chi connectivity index (χ2v) is 6.11. The number of alkyl halides is 3. The molecule has 0 aromatic carbocycles. The molecule has 2 saturated heterocycles. The summed E-state index contributed by atoms with van der Waals surface area (Å²) >= 11 is 0. The molecule has 122 valence electrons. The predicted molar refractivity (Wildman–Crippen MR) is 73.9 cm³/mol. The molecule has 0 aromatic rings. The van der Waals surface area contributed by atoms with Gasteiger partial charge in [-0.25, -0.2) is 0 Å². The summed E-state index contributed by atoms with van der Waals surface area (Å²) < 4.78 is 37.0. The van der Waals surface area contributed by atoms with Crippen LogP contribution < -0.4 is 10.6 Å². The number of rotatable bonds is 4. The lowest BCUT2D eigenvalue weighted by atomic mass is 10.0. The second kappa shape index (κ2) is 6.96. The van der Waals surface area contributed by atoms with Gasteiger partial charge in [0.25, 0.3) is 0 Å². The lowest BCUT2D eigenvalue weighted by Gasteiger charge is -2.35. The van der Waals surface area contributed by atoms with Crippen molar-refractivity contribution in [2.45, 2.75) is 63.3 Å². The second-order valence-electron chi connectivity index (χ2n) is 6.11. The van der Waals surface area contributed by atoms with E-state index in [0.717, 1.165) is 45.3 Å². The number of likely N-dealkylation sites (tertiary alicyclic amines) is 1. The highest BCUT2D eigenvalue weighted by molar-refractivity contribution is 5.82. The first kappa shape index (κ1) is 16.5. The average molecular weight is 307 g/mol. The summed E-state index contributed by atoms with van der Waals surface area (Å²) in [5, 5.41) is 5.82. The summed E-state index contributed by atoms with van der Waals surface area (Å²) in [5.74, 6) is -0.247. The van der Waals surface area contributed by atoms with Crippen molar-refractivity contribution in [2.75, 3.05) is 19.6 Å². The van der Waals surface area contributed by atoms with E-state index in [4.69, 9.17) is 0 Å². The van der Waals surface area contributed by atoms with Gasteiger partial charge in [-0.3, -0.25) is 9.69 Å². The van der Waals surface area contributed by atoms with Gasteiger partial charge in [-0.15, -0.1) is 0 Å². The van der Waals surface area contributed by atoms with E-state index >= 15 is 0 Å². The zero-order valence-corrected chi connectivity index (χ0v) is 12.4. The van der Waals surface area contributed by atoms with Gasteiger partial charge < -0.3 is 10.6 Å². The molecule has 4 nitrogen and oxygen atoms in total. The Kier molecular flexibility index (Phi) is 5.48. The van der Waals surface area contributed by atoms with Crippen LogP contribution in [0.4, 0.5) is 13.2 Å². The van der Waals surface area contributed by atoms with Crippen LogP contribution in [0.2, 0.25) is 0 Å². The van der Waals surface area contributed by atoms with E-state index in [1.165, 1.54) is 6.92 Å². The summed E-state index contributed by atoms with van der Waals surface area (Å²) in [4.78, 5) is 14.4. The van der Waals surface area contributed by atoms with Crippen LogP contribution in [0.1, 0.15) is 39.0 Å². The SMILES string of the molecule is CC(CC(F)(F)F)NC(=O)C1CCCN1C1CCNCC1. The number of carbonyl (C=O) groups excluding carboxylic acids is 1. The van der Waals surface area contributed by atoms with Gasteiger partial charge in [0.2, 0.25) is 5.91 Å². The van der Waals surface area contributed by atoms with Crippen molar-refractivity contribution < 1.29 is 18.0 Å². The molecule has 2 atom stereocenters. The summed E-state index contributed by atoms with van der Waals surface area (Å²) in [6.45, 7) is 4.17. The van der Waals surface area contributed by atoms with E-state index in [1.54, 1.807) is 0 Å². The van der Waals surface area contributed by atoms with Crippen LogP contribution in [0.25, 0.3) is 0 Å². The van der Waals surface area contributed by atoms with Crippen LogP contribution in [0.5, 0.6) is 0 Å². The van der Waals surface area contributed by atoms with Crippen LogP contribution in [0.15, 0.2) is 0 Å². The molecule has 2 unspecified atom stereocenters. The highest BCUT2D eigenvalue weighted by atomic mass is 19.4. The predicted octanol–water partition coefficient (Wildman–Crippen LogP) is 1.66. The van der Waals surface area contributed by atoms with Crippen LogP contribution in [-0.4, -0.2) is 54.7 Å². The number of hydrogen-bond acceptors (Lipinski definition) is 3. The number of piperidine rings is 1. The third kappa shape index (κ3) is 4.85. The Morgan fingerprint density at radius 3 is 2.62 bits per heavy atom. The summed E-state index contributed by atoms with van der Waals surface area (Å²) in [6.07, 6.45) is -1.52. The Morgan fingerprint density at radius 1 is 1.33 bits per heavy atom. The Bertz CT molecular complexity index is 356. The topological polar surface area (TPSA) is 44.4 Å². The Labute approximate surface area is 123 Å². The molecule has 2 heterocycles. The van der Waals surface area contributed by atoms with Crippen molar-refractivity contribution in [2.24, 2.45) is 0 Å². The monoisotopic (exact) mass is 307 g/mol. The van der Waals surface area contributed by atoms with E-state index in [9.17, 15) is 18.0 Å². The van der Waals surface area contributed by atoms with Crippen LogP contribution in [-0.2, 0) is 4.79 Å². The fourth-order valence-electron chi connectivity index (χ4n) is 3.38. The maximum absolute atomic E-state index is 12.3. The van der Waals surface area contributed by atoms with Crippen molar-refractivity contribution >= 4 is 5.91 Å². The van der Waals surface area contributed by atoms with Crippen molar-refractivity contribution in [3.05, 3.63) is 0 Å². The number of nitrogens with zero attached hydrogens (tertiary/aromatic N) is 1. The zero-order chi connectivity index (χ0) is 15.5. The molecule has 2 aliphatic heterocycles. The van der Waals surface area contributed by atoms with E-state index in [0.29, 0.717) is 6.04 Å². The molecule has 0 aliphatic carbocycles. The number of amides is 1. The molecular weight excluding hydrogens is 283 g/mol. The summed E-state index contributed by atoms with van der Waals surface area (Å²) in [6, 6.07) is -0.751. The maximum atomic E-state index is 12.3.